The Hall–Kier alpha value is -2.51. The van der Waals surface area contributed by atoms with Gasteiger partial charge in [-0.05, 0) is 32.0 Å². The van der Waals surface area contributed by atoms with Crippen LogP contribution in [0.5, 0.6) is 0 Å². The van der Waals surface area contributed by atoms with Crippen LogP contribution in [0.4, 0.5) is 0 Å². The van der Waals surface area contributed by atoms with E-state index in [1.807, 2.05) is 26.0 Å². The van der Waals surface area contributed by atoms with Gasteiger partial charge in [-0.25, -0.2) is 4.98 Å². The van der Waals surface area contributed by atoms with Crippen molar-refractivity contribution in [3.8, 4) is 0 Å². The highest BCUT2D eigenvalue weighted by Gasteiger charge is 2.13. The lowest BCUT2D eigenvalue weighted by Gasteiger charge is -2.26. The Morgan fingerprint density at radius 2 is 1.67 bits per heavy atom. The minimum absolute atomic E-state index is 0.0542. The van der Waals surface area contributed by atoms with E-state index >= 15 is 0 Å². The lowest BCUT2D eigenvalue weighted by Crippen LogP contribution is -2.39. The zero-order valence-corrected chi connectivity index (χ0v) is 15.7. The number of fused-ring (bicyclic) bond motifs is 2. The van der Waals surface area contributed by atoms with Gasteiger partial charge in [0.05, 0.1) is 35.0 Å². The summed E-state index contributed by atoms with van der Waals surface area (Å²) < 4.78 is 8.73. The summed E-state index contributed by atoms with van der Waals surface area (Å²) in [6, 6.07) is 5.44. The van der Waals surface area contributed by atoms with E-state index < -0.39 is 0 Å². The molecule has 0 spiro atoms. The van der Waals surface area contributed by atoms with Crippen LogP contribution in [0.2, 0.25) is 0 Å². The SMILES string of the molecule is CC(C)n1ccc2nc3ccn(CCN4CCOCC4)c(=O)c3cc2c1=O. The molecule has 0 N–H and O–H groups in total. The summed E-state index contributed by atoms with van der Waals surface area (Å²) in [7, 11) is 0. The molecule has 4 heterocycles. The molecule has 1 saturated heterocycles. The van der Waals surface area contributed by atoms with Crippen LogP contribution in [-0.2, 0) is 11.3 Å². The first kappa shape index (κ1) is 17.9. The van der Waals surface area contributed by atoms with Gasteiger partial charge in [-0.15, -0.1) is 0 Å². The quantitative estimate of drug-likeness (QED) is 0.655. The summed E-state index contributed by atoms with van der Waals surface area (Å²) in [5, 5.41) is 0.979. The first-order chi connectivity index (χ1) is 13.0. The van der Waals surface area contributed by atoms with Crippen molar-refractivity contribution in [2.24, 2.45) is 0 Å². The van der Waals surface area contributed by atoms with Gasteiger partial charge in [-0.1, -0.05) is 0 Å². The molecule has 0 radical (unpaired) electrons. The van der Waals surface area contributed by atoms with Crippen LogP contribution in [-0.4, -0.2) is 51.9 Å². The average Bonchev–Trinajstić information content (AvgIpc) is 2.67. The van der Waals surface area contributed by atoms with Gasteiger partial charge in [0.25, 0.3) is 11.1 Å². The maximum atomic E-state index is 12.9. The first-order valence-electron chi connectivity index (χ1n) is 9.40. The van der Waals surface area contributed by atoms with Gasteiger partial charge < -0.3 is 13.9 Å². The van der Waals surface area contributed by atoms with Crippen molar-refractivity contribution < 1.29 is 4.74 Å². The molecule has 27 heavy (non-hydrogen) atoms. The molecular weight excluding hydrogens is 344 g/mol. The maximum absolute atomic E-state index is 12.9. The standard InChI is InChI=1S/C20H24N4O3/c1-14(2)24-6-4-18-16(20(24)26)13-15-17(21-18)3-5-23(19(15)25)8-7-22-9-11-27-12-10-22/h3-6,13-14H,7-12H2,1-2H3. The van der Waals surface area contributed by atoms with E-state index in [4.69, 9.17) is 4.74 Å². The third-order valence-corrected chi connectivity index (χ3v) is 5.16. The van der Waals surface area contributed by atoms with Crippen LogP contribution in [0.1, 0.15) is 19.9 Å². The molecule has 3 aromatic rings. The van der Waals surface area contributed by atoms with E-state index in [-0.39, 0.29) is 17.2 Å². The molecule has 0 saturated carbocycles. The van der Waals surface area contributed by atoms with Crippen molar-refractivity contribution in [2.45, 2.75) is 26.4 Å². The van der Waals surface area contributed by atoms with E-state index in [9.17, 15) is 9.59 Å². The number of ether oxygens (including phenoxy) is 1. The van der Waals surface area contributed by atoms with E-state index in [1.54, 1.807) is 27.6 Å². The second-order valence-electron chi connectivity index (χ2n) is 7.24. The zero-order valence-electron chi connectivity index (χ0n) is 15.7. The molecular formula is C20H24N4O3. The minimum atomic E-state index is -0.111. The Bertz CT molecular complexity index is 1090. The smallest absolute Gasteiger partial charge is 0.260 e. The normalized spacial score (nSPS) is 15.8. The number of morpholine rings is 1. The summed E-state index contributed by atoms with van der Waals surface area (Å²) in [6.45, 7) is 8.59. The molecule has 3 aromatic heterocycles. The Morgan fingerprint density at radius 1 is 1.00 bits per heavy atom. The third-order valence-electron chi connectivity index (χ3n) is 5.16. The highest BCUT2D eigenvalue weighted by Crippen LogP contribution is 2.15. The Labute approximate surface area is 156 Å². The lowest BCUT2D eigenvalue weighted by molar-refractivity contribution is 0.0363. The molecule has 0 aromatic carbocycles. The predicted octanol–water partition coefficient (Wildman–Crippen LogP) is 1.62. The Morgan fingerprint density at radius 3 is 2.37 bits per heavy atom. The molecule has 0 unspecified atom stereocenters. The number of aromatic nitrogens is 3. The molecule has 7 nitrogen and oxygen atoms in total. The molecule has 142 valence electrons. The highest BCUT2D eigenvalue weighted by atomic mass is 16.5. The second-order valence-corrected chi connectivity index (χ2v) is 7.24. The minimum Gasteiger partial charge on any atom is -0.379 e. The van der Waals surface area contributed by atoms with Crippen molar-refractivity contribution in [3.63, 3.8) is 0 Å². The monoisotopic (exact) mass is 368 g/mol. The molecule has 0 atom stereocenters. The number of hydrogen-bond donors (Lipinski definition) is 0. The number of rotatable bonds is 4. The third kappa shape index (κ3) is 3.40. The highest BCUT2D eigenvalue weighted by molar-refractivity contribution is 5.91. The molecule has 7 heteroatoms. The average molecular weight is 368 g/mol. The second kappa shape index (κ2) is 7.25. The van der Waals surface area contributed by atoms with Crippen molar-refractivity contribution >= 4 is 21.8 Å². The molecule has 1 aliphatic heterocycles. The fraction of sp³-hybridized carbons (Fsp3) is 0.450. The fourth-order valence-electron chi connectivity index (χ4n) is 3.54. The molecule has 1 aliphatic rings. The summed E-state index contributed by atoms with van der Waals surface area (Å²) in [5.74, 6) is 0. The van der Waals surface area contributed by atoms with Gasteiger partial charge in [0.15, 0.2) is 0 Å². The predicted molar refractivity (Wildman–Crippen MR) is 105 cm³/mol. The summed E-state index contributed by atoms with van der Waals surface area (Å²) >= 11 is 0. The molecule has 0 amide bonds. The molecule has 1 fully saturated rings. The molecule has 0 aliphatic carbocycles. The van der Waals surface area contributed by atoms with Crippen molar-refractivity contribution in [3.05, 3.63) is 51.3 Å². The number of pyridine rings is 3. The van der Waals surface area contributed by atoms with Gasteiger partial charge >= 0.3 is 0 Å². The maximum Gasteiger partial charge on any atom is 0.260 e. The summed E-state index contributed by atoms with van der Waals surface area (Å²) in [4.78, 5) is 32.5. The Balaban J connectivity index is 1.74. The van der Waals surface area contributed by atoms with Gasteiger partial charge in [0.2, 0.25) is 0 Å². The van der Waals surface area contributed by atoms with Crippen LogP contribution in [0.3, 0.4) is 0 Å². The first-order valence-corrected chi connectivity index (χ1v) is 9.40. The van der Waals surface area contributed by atoms with Crippen molar-refractivity contribution in [1.29, 1.82) is 0 Å². The topological polar surface area (TPSA) is 69.4 Å². The molecule has 0 bridgehead atoms. The van der Waals surface area contributed by atoms with Crippen LogP contribution in [0, 0.1) is 0 Å². The van der Waals surface area contributed by atoms with Crippen LogP contribution in [0.15, 0.2) is 40.2 Å². The summed E-state index contributed by atoms with van der Waals surface area (Å²) in [6.07, 6.45) is 3.55. The van der Waals surface area contributed by atoms with Crippen molar-refractivity contribution in [2.75, 3.05) is 32.8 Å². The number of nitrogens with zero attached hydrogens (tertiary/aromatic N) is 4. The van der Waals surface area contributed by atoms with Gasteiger partial charge in [-0.2, -0.15) is 0 Å². The van der Waals surface area contributed by atoms with Gasteiger partial charge in [0.1, 0.15) is 0 Å². The fourth-order valence-corrected chi connectivity index (χ4v) is 3.54. The van der Waals surface area contributed by atoms with Crippen LogP contribution < -0.4 is 11.1 Å². The van der Waals surface area contributed by atoms with Crippen LogP contribution >= 0.6 is 0 Å². The van der Waals surface area contributed by atoms with Gasteiger partial charge in [-0.3, -0.25) is 14.5 Å². The zero-order chi connectivity index (χ0) is 19.0. The van der Waals surface area contributed by atoms with Crippen LogP contribution in [0.25, 0.3) is 21.8 Å². The number of hydrogen-bond acceptors (Lipinski definition) is 5. The van der Waals surface area contributed by atoms with E-state index in [0.717, 1.165) is 32.8 Å². The lowest BCUT2D eigenvalue weighted by atomic mass is 10.2. The van der Waals surface area contributed by atoms with Crippen molar-refractivity contribution in [1.82, 2.24) is 19.0 Å². The van der Waals surface area contributed by atoms with E-state index in [1.165, 1.54) is 0 Å². The van der Waals surface area contributed by atoms with E-state index in [0.29, 0.717) is 28.4 Å². The summed E-state index contributed by atoms with van der Waals surface area (Å²) in [5.41, 5.74) is 1.03. The Kier molecular flexibility index (Phi) is 4.80. The molecule has 4 rings (SSSR count). The largest absolute Gasteiger partial charge is 0.379 e. The van der Waals surface area contributed by atoms with Gasteiger partial charge in [0, 0.05) is 44.6 Å². The van der Waals surface area contributed by atoms with E-state index in [2.05, 4.69) is 9.88 Å².